The van der Waals surface area contributed by atoms with Crippen molar-refractivity contribution in [2.75, 3.05) is 13.2 Å². The third-order valence-electron chi connectivity index (χ3n) is 4.80. The Morgan fingerprint density at radius 3 is 2.44 bits per heavy atom. The van der Waals surface area contributed by atoms with Gasteiger partial charge < -0.3 is 18.6 Å². The van der Waals surface area contributed by atoms with Crippen LogP contribution in [0.25, 0.3) is 17.0 Å². The zero-order valence-electron chi connectivity index (χ0n) is 18.0. The van der Waals surface area contributed by atoms with Crippen molar-refractivity contribution in [3.8, 4) is 23.0 Å². The maximum absolute atomic E-state index is 13.1. The SMILES string of the molecule is CCOc1ccccc1Oc1c(C)oc2cc(OC/C=C/c3ccccc3)ccc2c1=O. The van der Waals surface area contributed by atoms with E-state index in [0.29, 0.717) is 47.2 Å². The van der Waals surface area contributed by atoms with Crippen LogP contribution in [0, 0.1) is 6.92 Å². The Labute approximate surface area is 186 Å². The van der Waals surface area contributed by atoms with Gasteiger partial charge in [-0.1, -0.05) is 48.5 Å². The first-order valence-electron chi connectivity index (χ1n) is 10.5. The highest BCUT2D eigenvalue weighted by molar-refractivity contribution is 5.79. The molecular weight excluding hydrogens is 404 g/mol. The highest BCUT2D eigenvalue weighted by atomic mass is 16.5. The summed E-state index contributed by atoms with van der Waals surface area (Å²) in [5.74, 6) is 2.18. The zero-order valence-corrected chi connectivity index (χ0v) is 18.0. The van der Waals surface area contributed by atoms with Gasteiger partial charge >= 0.3 is 0 Å². The molecule has 0 spiro atoms. The number of fused-ring (bicyclic) bond motifs is 1. The van der Waals surface area contributed by atoms with E-state index in [1.165, 1.54) is 0 Å². The molecule has 0 N–H and O–H groups in total. The summed E-state index contributed by atoms with van der Waals surface area (Å²) in [6.45, 7) is 4.49. The van der Waals surface area contributed by atoms with E-state index in [2.05, 4.69) is 0 Å². The van der Waals surface area contributed by atoms with Gasteiger partial charge in [-0.25, -0.2) is 0 Å². The molecule has 0 aliphatic heterocycles. The van der Waals surface area contributed by atoms with Crippen LogP contribution in [0.2, 0.25) is 0 Å². The van der Waals surface area contributed by atoms with Crippen molar-refractivity contribution >= 4 is 17.0 Å². The highest BCUT2D eigenvalue weighted by Crippen LogP contribution is 2.33. The van der Waals surface area contributed by atoms with Crippen molar-refractivity contribution in [2.24, 2.45) is 0 Å². The largest absolute Gasteiger partial charge is 0.490 e. The van der Waals surface area contributed by atoms with E-state index < -0.39 is 0 Å². The van der Waals surface area contributed by atoms with Gasteiger partial charge in [0.1, 0.15) is 23.7 Å². The van der Waals surface area contributed by atoms with Crippen LogP contribution in [0.4, 0.5) is 0 Å². The number of rotatable bonds is 8. The monoisotopic (exact) mass is 428 g/mol. The number of hydrogen-bond acceptors (Lipinski definition) is 5. The van der Waals surface area contributed by atoms with Gasteiger partial charge in [-0.2, -0.15) is 0 Å². The second kappa shape index (κ2) is 9.88. The van der Waals surface area contributed by atoms with Crippen molar-refractivity contribution in [3.05, 3.63) is 100 Å². The van der Waals surface area contributed by atoms with Gasteiger partial charge in [-0.3, -0.25) is 4.79 Å². The van der Waals surface area contributed by atoms with Crippen molar-refractivity contribution < 1.29 is 18.6 Å². The number of para-hydroxylation sites is 2. The molecule has 0 fully saturated rings. The van der Waals surface area contributed by atoms with Crippen molar-refractivity contribution in [1.29, 1.82) is 0 Å². The van der Waals surface area contributed by atoms with Crippen LogP contribution in [-0.4, -0.2) is 13.2 Å². The van der Waals surface area contributed by atoms with E-state index in [4.69, 9.17) is 18.6 Å². The molecule has 0 unspecified atom stereocenters. The molecule has 5 nitrogen and oxygen atoms in total. The lowest BCUT2D eigenvalue weighted by atomic mass is 10.2. The van der Waals surface area contributed by atoms with Gasteiger partial charge in [0.05, 0.1) is 12.0 Å². The van der Waals surface area contributed by atoms with Crippen molar-refractivity contribution in [3.63, 3.8) is 0 Å². The van der Waals surface area contributed by atoms with E-state index >= 15 is 0 Å². The van der Waals surface area contributed by atoms with E-state index in [0.717, 1.165) is 5.56 Å². The Bertz CT molecular complexity index is 1290. The molecule has 4 aromatic rings. The maximum atomic E-state index is 13.1. The van der Waals surface area contributed by atoms with Crippen molar-refractivity contribution in [2.45, 2.75) is 13.8 Å². The molecule has 0 bridgehead atoms. The maximum Gasteiger partial charge on any atom is 0.235 e. The minimum Gasteiger partial charge on any atom is -0.490 e. The third-order valence-corrected chi connectivity index (χ3v) is 4.80. The zero-order chi connectivity index (χ0) is 22.3. The second-order valence-electron chi connectivity index (χ2n) is 7.08. The normalized spacial score (nSPS) is 11.1. The van der Waals surface area contributed by atoms with E-state index in [9.17, 15) is 4.79 Å². The Morgan fingerprint density at radius 2 is 1.66 bits per heavy atom. The quantitative estimate of drug-likeness (QED) is 0.326. The average molecular weight is 428 g/mol. The van der Waals surface area contributed by atoms with Crippen LogP contribution >= 0.6 is 0 Å². The van der Waals surface area contributed by atoms with Gasteiger partial charge in [0.15, 0.2) is 11.5 Å². The molecule has 32 heavy (non-hydrogen) atoms. The molecule has 0 aliphatic rings. The molecular formula is C27H24O5. The second-order valence-corrected chi connectivity index (χ2v) is 7.08. The number of aryl methyl sites for hydroxylation is 1. The van der Waals surface area contributed by atoms with Crippen LogP contribution in [-0.2, 0) is 0 Å². The van der Waals surface area contributed by atoms with Gasteiger partial charge in [0, 0.05) is 6.07 Å². The molecule has 5 heteroatoms. The molecule has 0 atom stereocenters. The lowest BCUT2D eigenvalue weighted by molar-refractivity contribution is 0.318. The summed E-state index contributed by atoms with van der Waals surface area (Å²) in [4.78, 5) is 13.1. The van der Waals surface area contributed by atoms with Crippen molar-refractivity contribution in [1.82, 2.24) is 0 Å². The summed E-state index contributed by atoms with van der Waals surface area (Å²) in [7, 11) is 0. The molecule has 1 aromatic heterocycles. The number of ether oxygens (including phenoxy) is 3. The number of hydrogen-bond donors (Lipinski definition) is 0. The Balaban J connectivity index is 1.54. The summed E-state index contributed by atoms with van der Waals surface area (Å²) < 4.78 is 23.2. The fourth-order valence-corrected chi connectivity index (χ4v) is 3.29. The van der Waals surface area contributed by atoms with Crippen LogP contribution in [0.3, 0.4) is 0 Å². The van der Waals surface area contributed by atoms with E-state index in [-0.39, 0.29) is 11.2 Å². The molecule has 3 aromatic carbocycles. The number of benzene rings is 3. The molecule has 0 saturated carbocycles. The van der Waals surface area contributed by atoms with E-state index in [1.54, 1.807) is 37.3 Å². The predicted molar refractivity (Wildman–Crippen MR) is 126 cm³/mol. The molecule has 0 saturated heterocycles. The molecule has 0 amide bonds. The summed E-state index contributed by atoms with van der Waals surface area (Å²) in [6.07, 6.45) is 3.93. The van der Waals surface area contributed by atoms with Gasteiger partial charge in [-0.15, -0.1) is 0 Å². The van der Waals surface area contributed by atoms with Gasteiger partial charge in [-0.05, 0) is 49.8 Å². The minimum absolute atomic E-state index is 0.143. The first-order chi connectivity index (χ1) is 15.7. The summed E-state index contributed by atoms with van der Waals surface area (Å²) in [6, 6.07) is 22.4. The molecule has 0 radical (unpaired) electrons. The fraction of sp³-hybridized carbons (Fsp3) is 0.148. The Morgan fingerprint density at radius 1 is 0.906 bits per heavy atom. The predicted octanol–water partition coefficient (Wildman–Crippen LogP) is 6.38. The van der Waals surface area contributed by atoms with Gasteiger partial charge in [0.2, 0.25) is 11.2 Å². The van der Waals surface area contributed by atoms with Crippen LogP contribution in [0.1, 0.15) is 18.2 Å². The molecule has 162 valence electrons. The third kappa shape index (κ3) is 4.83. The topological polar surface area (TPSA) is 57.9 Å². The lowest BCUT2D eigenvalue weighted by Crippen LogP contribution is -2.08. The highest BCUT2D eigenvalue weighted by Gasteiger charge is 2.16. The summed E-state index contributed by atoms with van der Waals surface area (Å²) >= 11 is 0. The summed E-state index contributed by atoms with van der Waals surface area (Å²) in [5, 5.41) is 0.423. The molecule has 4 rings (SSSR count). The summed E-state index contributed by atoms with van der Waals surface area (Å²) in [5.41, 5.74) is 1.31. The standard InChI is InChI=1S/C27H24O5/c1-3-29-23-13-7-8-14-24(23)32-27-19(2)31-25-18-21(15-16-22(25)26(27)28)30-17-9-12-20-10-5-4-6-11-20/h4-16,18H,3,17H2,1-2H3/b12-9+. The molecule has 0 aliphatic carbocycles. The Hall–Kier alpha value is -3.99. The van der Waals surface area contributed by atoms with Crippen LogP contribution < -0.4 is 19.6 Å². The smallest absolute Gasteiger partial charge is 0.235 e. The van der Waals surface area contributed by atoms with E-state index in [1.807, 2.05) is 61.5 Å². The van der Waals surface area contributed by atoms with Crippen LogP contribution in [0.5, 0.6) is 23.0 Å². The first-order valence-corrected chi connectivity index (χ1v) is 10.5. The fourth-order valence-electron chi connectivity index (χ4n) is 3.29. The van der Waals surface area contributed by atoms with Gasteiger partial charge in [0.25, 0.3) is 0 Å². The minimum atomic E-state index is -0.245. The molecule has 1 heterocycles. The average Bonchev–Trinajstić information content (AvgIpc) is 2.81. The Kier molecular flexibility index (Phi) is 6.56. The van der Waals surface area contributed by atoms with Crippen LogP contribution in [0.15, 0.2) is 88.1 Å². The lowest BCUT2D eigenvalue weighted by Gasteiger charge is -2.13. The first kappa shape index (κ1) is 21.2.